The summed E-state index contributed by atoms with van der Waals surface area (Å²) in [5, 5.41) is 0. The Labute approximate surface area is 132 Å². The number of piperidine rings is 1. The van der Waals surface area contributed by atoms with E-state index in [0.717, 1.165) is 0 Å². The third-order valence-corrected chi connectivity index (χ3v) is 3.70. The molecule has 0 unspecified atom stereocenters. The van der Waals surface area contributed by atoms with E-state index >= 15 is 0 Å². The van der Waals surface area contributed by atoms with E-state index < -0.39 is 18.7 Å². The van der Waals surface area contributed by atoms with E-state index in [1.54, 1.807) is 12.1 Å². The van der Waals surface area contributed by atoms with Gasteiger partial charge in [0.05, 0.1) is 20.3 Å². The highest BCUT2D eigenvalue weighted by molar-refractivity contribution is 5.87. The van der Waals surface area contributed by atoms with Gasteiger partial charge in [-0.05, 0) is 37.9 Å². The molecule has 23 heavy (non-hydrogen) atoms. The van der Waals surface area contributed by atoms with Crippen molar-refractivity contribution in [1.82, 2.24) is 9.88 Å². The van der Waals surface area contributed by atoms with E-state index in [1.807, 2.05) is 0 Å². The van der Waals surface area contributed by atoms with E-state index in [9.17, 15) is 18.0 Å². The van der Waals surface area contributed by atoms with Crippen LogP contribution in [0.3, 0.4) is 0 Å². The lowest BCUT2D eigenvalue weighted by Gasteiger charge is -2.31. The number of nitrogens with zero attached hydrogens (tertiary/aromatic N) is 2. The molecule has 0 amide bonds. The van der Waals surface area contributed by atoms with Gasteiger partial charge in [0.15, 0.2) is 5.69 Å². The van der Waals surface area contributed by atoms with Crippen LogP contribution in [0.1, 0.15) is 23.3 Å². The zero-order valence-corrected chi connectivity index (χ0v) is 12.8. The SMILES string of the molecule is COc1cccc(C(=O)OCC2CCN(CC(F)(F)F)CC2)n1. The fourth-order valence-electron chi connectivity index (χ4n) is 2.47. The van der Waals surface area contributed by atoms with Crippen molar-refractivity contribution in [3.05, 3.63) is 23.9 Å². The molecule has 0 spiro atoms. The largest absolute Gasteiger partial charge is 0.481 e. The van der Waals surface area contributed by atoms with Gasteiger partial charge in [0.25, 0.3) is 0 Å². The quantitative estimate of drug-likeness (QED) is 0.776. The summed E-state index contributed by atoms with van der Waals surface area (Å²) in [7, 11) is 1.45. The van der Waals surface area contributed by atoms with E-state index in [4.69, 9.17) is 9.47 Å². The maximum Gasteiger partial charge on any atom is 0.401 e. The number of methoxy groups -OCH3 is 1. The Kier molecular flexibility index (Phi) is 5.81. The van der Waals surface area contributed by atoms with Crippen LogP contribution in [0, 0.1) is 5.92 Å². The van der Waals surface area contributed by atoms with Crippen LogP contribution in [-0.4, -0.2) is 55.4 Å². The van der Waals surface area contributed by atoms with E-state index in [0.29, 0.717) is 31.8 Å². The number of carbonyl (C=O) groups is 1. The number of pyridine rings is 1. The molecule has 1 aromatic rings. The third kappa shape index (κ3) is 5.70. The lowest BCUT2D eigenvalue weighted by atomic mass is 9.98. The lowest BCUT2D eigenvalue weighted by Crippen LogP contribution is -2.40. The first-order valence-electron chi connectivity index (χ1n) is 7.34. The predicted octanol–water partition coefficient (Wildman–Crippen LogP) is 2.52. The van der Waals surface area contributed by atoms with Gasteiger partial charge in [0.2, 0.25) is 5.88 Å². The zero-order chi connectivity index (χ0) is 16.9. The second kappa shape index (κ2) is 7.63. The molecular formula is C15H19F3N2O3. The first kappa shape index (κ1) is 17.5. The number of hydrogen-bond donors (Lipinski definition) is 0. The van der Waals surface area contributed by atoms with Crippen LogP contribution in [0.5, 0.6) is 5.88 Å². The number of alkyl halides is 3. The second-order valence-corrected chi connectivity index (χ2v) is 5.50. The van der Waals surface area contributed by atoms with Gasteiger partial charge >= 0.3 is 12.1 Å². The zero-order valence-electron chi connectivity index (χ0n) is 12.8. The minimum absolute atomic E-state index is 0.0778. The van der Waals surface area contributed by atoms with Gasteiger partial charge in [-0.1, -0.05) is 6.07 Å². The predicted molar refractivity (Wildman–Crippen MR) is 76.3 cm³/mol. The molecule has 1 fully saturated rings. The van der Waals surface area contributed by atoms with Gasteiger partial charge < -0.3 is 9.47 Å². The van der Waals surface area contributed by atoms with E-state index in [2.05, 4.69) is 4.98 Å². The van der Waals surface area contributed by atoms with Crippen LogP contribution in [0.2, 0.25) is 0 Å². The molecule has 0 aliphatic carbocycles. The van der Waals surface area contributed by atoms with Gasteiger partial charge in [-0.2, -0.15) is 13.2 Å². The molecule has 0 radical (unpaired) electrons. The maximum absolute atomic E-state index is 12.3. The summed E-state index contributed by atoms with van der Waals surface area (Å²) in [6.45, 7) is 0.0308. The summed E-state index contributed by atoms with van der Waals surface area (Å²) >= 11 is 0. The number of aromatic nitrogens is 1. The number of rotatable bonds is 5. The van der Waals surface area contributed by atoms with Gasteiger partial charge in [0.1, 0.15) is 0 Å². The summed E-state index contributed by atoms with van der Waals surface area (Å²) < 4.78 is 47.1. The fraction of sp³-hybridized carbons (Fsp3) is 0.600. The monoisotopic (exact) mass is 332 g/mol. The van der Waals surface area contributed by atoms with Crippen molar-refractivity contribution in [3.63, 3.8) is 0 Å². The average molecular weight is 332 g/mol. The Balaban J connectivity index is 1.75. The molecule has 0 N–H and O–H groups in total. The highest BCUT2D eigenvalue weighted by Crippen LogP contribution is 2.22. The molecule has 0 atom stereocenters. The van der Waals surface area contributed by atoms with Crippen molar-refractivity contribution < 1.29 is 27.4 Å². The van der Waals surface area contributed by atoms with Crippen molar-refractivity contribution >= 4 is 5.97 Å². The summed E-state index contributed by atoms with van der Waals surface area (Å²) in [4.78, 5) is 17.3. The molecular weight excluding hydrogens is 313 g/mol. The Morgan fingerprint density at radius 3 is 2.65 bits per heavy atom. The van der Waals surface area contributed by atoms with Gasteiger partial charge in [-0.15, -0.1) is 0 Å². The third-order valence-electron chi connectivity index (χ3n) is 3.70. The molecule has 1 saturated heterocycles. The molecule has 0 aromatic carbocycles. The number of likely N-dealkylation sites (tertiary alicyclic amines) is 1. The smallest absolute Gasteiger partial charge is 0.401 e. The van der Waals surface area contributed by atoms with Crippen molar-refractivity contribution in [1.29, 1.82) is 0 Å². The van der Waals surface area contributed by atoms with Crippen molar-refractivity contribution in [3.8, 4) is 5.88 Å². The number of carbonyl (C=O) groups excluding carboxylic acids is 1. The van der Waals surface area contributed by atoms with Crippen LogP contribution < -0.4 is 4.74 Å². The molecule has 8 heteroatoms. The Bertz CT molecular complexity index is 529. The first-order valence-corrected chi connectivity index (χ1v) is 7.34. The summed E-state index contributed by atoms with van der Waals surface area (Å²) in [5.74, 6) is -0.157. The minimum Gasteiger partial charge on any atom is -0.481 e. The van der Waals surface area contributed by atoms with E-state index in [-0.39, 0.29) is 18.2 Å². The van der Waals surface area contributed by atoms with Crippen molar-refractivity contribution in [2.24, 2.45) is 5.92 Å². The molecule has 2 heterocycles. The maximum atomic E-state index is 12.3. The molecule has 1 aliphatic rings. The van der Waals surface area contributed by atoms with Crippen molar-refractivity contribution in [2.75, 3.05) is 33.4 Å². The number of ether oxygens (including phenoxy) is 2. The van der Waals surface area contributed by atoms with Gasteiger partial charge in [-0.25, -0.2) is 9.78 Å². The fourth-order valence-corrected chi connectivity index (χ4v) is 2.47. The van der Waals surface area contributed by atoms with Crippen LogP contribution in [0.4, 0.5) is 13.2 Å². The van der Waals surface area contributed by atoms with Crippen LogP contribution in [-0.2, 0) is 4.74 Å². The normalized spacial score (nSPS) is 17.0. The van der Waals surface area contributed by atoms with E-state index in [1.165, 1.54) is 18.1 Å². The molecule has 1 aromatic heterocycles. The molecule has 0 bridgehead atoms. The van der Waals surface area contributed by atoms with Crippen LogP contribution >= 0.6 is 0 Å². The van der Waals surface area contributed by atoms with Gasteiger partial charge in [-0.3, -0.25) is 4.90 Å². The lowest BCUT2D eigenvalue weighted by molar-refractivity contribution is -0.148. The average Bonchev–Trinajstić information content (AvgIpc) is 2.52. The van der Waals surface area contributed by atoms with Crippen LogP contribution in [0.25, 0.3) is 0 Å². The molecule has 5 nitrogen and oxygen atoms in total. The topological polar surface area (TPSA) is 51.7 Å². The van der Waals surface area contributed by atoms with Gasteiger partial charge in [0, 0.05) is 6.07 Å². The highest BCUT2D eigenvalue weighted by Gasteiger charge is 2.32. The standard InChI is InChI=1S/C15H19F3N2O3/c1-22-13-4-2-3-12(19-13)14(21)23-9-11-5-7-20(8-6-11)10-15(16,17)18/h2-4,11H,5-10H2,1H3. The number of hydrogen-bond acceptors (Lipinski definition) is 5. The van der Waals surface area contributed by atoms with Crippen LogP contribution in [0.15, 0.2) is 18.2 Å². The Morgan fingerprint density at radius 1 is 1.35 bits per heavy atom. The number of halogens is 3. The second-order valence-electron chi connectivity index (χ2n) is 5.50. The molecule has 2 rings (SSSR count). The highest BCUT2D eigenvalue weighted by atomic mass is 19.4. The molecule has 0 saturated carbocycles. The summed E-state index contributed by atoms with van der Waals surface area (Å²) in [6, 6.07) is 4.78. The molecule has 1 aliphatic heterocycles. The first-order chi connectivity index (χ1) is 10.9. The summed E-state index contributed by atoms with van der Waals surface area (Å²) in [6.07, 6.45) is -3.01. The molecule has 128 valence electrons. The number of esters is 1. The Hall–Kier alpha value is -1.83. The summed E-state index contributed by atoms with van der Waals surface area (Å²) in [5.41, 5.74) is 0.152. The minimum atomic E-state index is -4.17. The Morgan fingerprint density at radius 2 is 2.04 bits per heavy atom. The van der Waals surface area contributed by atoms with Crippen molar-refractivity contribution in [2.45, 2.75) is 19.0 Å².